The maximum absolute atomic E-state index is 10.7. The van der Waals surface area contributed by atoms with Gasteiger partial charge in [0.15, 0.2) is 5.78 Å². The molecular weight excluding hydrogens is 156 g/mol. The minimum Gasteiger partial charge on any atom is -0.478 e. The fourth-order valence-corrected chi connectivity index (χ4v) is 0.835. The fraction of sp³-hybridized carbons (Fsp3) is 0.111. The molecular formula is C9H8O3. The summed E-state index contributed by atoms with van der Waals surface area (Å²) in [6.45, 7) is 0. The van der Waals surface area contributed by atoms with E-state index in [0.29, 0.717) is 6.42 Å². The number of aliphatic carboxylic acids is 1. The van der Waals surface area contributed by atoms with Gasteiger partial charge in [0.1, 0.15) is 0 Å². The molecule has 0 amide bonds. The number of carbonyl (C=O) groups is 2. The first-order valence-corrected chi connectivity index (χ1v) is 3.50. The van der Waals surface area contributed by atoms with Crippen molar-refractivity contribution in [3.63, 3.8) is 0 Å². The Hall–Kier alpha value is -1.64. The van der Waals surface area contributed by atoms with E-state index in [-0.39, 0.29) is 5.78 Å². The molecule has 0 saturated carbocycles. The lowest BCUT2D eigenvalue weighted by Crippen LogP contribution is -1.95. The molecule has 0 aliphatic heterocycles. The van der Waals surface area contributed by atoms with Gasteiger partial charge < -0.3 is 5.11 Å². The highest BCUT2D eigenvalue weighted by Gasteiger charge is 2.00. The molecule has 0 radical (unpaired) electrons. The number of ketones is 1. The van der Waals surface area contributed by atoms with Gasteiger partial charge >= 0.3 is 5.97 Å². The van der Waals surface area contributed by atoms with E-state index in [4.69, 9.17) is 5.11 Å². The monoisotopic (exact) mass is 164 g/mol. The summed E-state index contributed by atoms with van der Waals surface area (Å²) in [5, 5.41) is 8.29. The van der Waals surface area contributed by atoms with E-state index in [9.17, 15) is 9.59 Å². The van der Waals surface area contributed by atoms with E-state index in [1.165, 1.54) is 12.2 Å². The van der Waals surface area contributed by atoms with Crippen molar-refractivity contribution in [2.45, 2.75) is 6.42 Å². The molecule has 1 N–H and O–H groups in total. The Morgan fingerprint density at radius 2 is 2.25 bits per heavy atom. The second kappa shape index (κ2) is 3.67. The average Bonchev–Trinajstić information content (AvgIpc) is 2.03. The van der Waals surface area contributed by atoms with Gasteiger partial charge in [0.2, 0.25) is 0 Å². The first-order chi connectivity index (χ1) is 5.68. The van der Waals surface area contributed by atoms with Gasteiger partial charge in [-0.25, -0.2) is 4.79 Å². The molecule has 0 bridgehead atoms. The van der Waals surface area contributed by atoms with Crippen LogP contribution in [0.25, 0.3) is 0 Å². The molecule has 62 valence electrons. The smallest absolute Gasteiger partial charge is 0.328 e. The van der Waals surface area contributed by atoms with Crippen LogP contribution in [0.3, 0.4) is 0 Å². The van der Waals surface area contributed by atoms with Crippen molar-refractivity contribution >= 4 is 11.8 Å². The van der Waals surface area contributed by atoms with E-state index in [0.717, 1.165) is 11.6 Å². The van der Waals surface area contributed by atoms with Crippen LogP contribution in [0, 0.1) is 0 Å². The Balaban J connectivity index is 2.62. The SMILES string of the molecule is O=C(O)C=CC1=CCC(=O)C=C1. The van der Waals surface area contributed by atoms with E-state index in [1.807, 2.05) is 0 Å². The molecule has 0 aromatic carbocycles. The third-order valence-electron chi connectivity index (χ3n) is 1.42. The highest BCUT2D eigenvalue weighted by atomic mass is 16.4. The van der Waals surface area contributed by atoms with E-state index >= 15 is 0 Å². The van der Waals surface area contributed by atoms with Crippen molar-refractivity contribution < 1.29 is 14.7 Å². The zero-order valence-corrected chi connectivity index (χ0v) is 6.36. The number of carboxylic acids is 1. The standard InChI is InChI=1S/C9H8O3/c10-8-4-1-7(2-5-8)3-6-9(11)12/h1-4,6H,5H2,(H,11,12). The van der Waals surface area contributed by atoms with Crippen molar-refractivity contribution in [2.24, 2.45) is 0 Å². The van der Waals surface area contributed by atoms with Gasteiger partial charge in [0.05, 0.1) is 0 Å². The minimum atomic E-state index is -0.985. The molecule has 0 atom stereocenters. The molecule has 3 nitrogen and oxygen atoms in total. The number of allylic oxidation sites excluding steroid dienone is 5. The molecule has 0 unspecified atom stereocenters. The summed E-state index contributed by atoms with van der Waals surface area (Å²) < 4.78 is 0. The van der Waals surface area contributed by atoms with Crippen LogP contribution >= 0.6 is 0 Å². The van der Waals surface area contributed by atoms with Gasteiger partial charge in [0.25, 0.3) is 0 Å². The predicted molar refractivity (Wildman–Crippen MR) is 43.6 cm³/mol. The van der Waals surface area contributed by atoms with Crippen molar-refractivity contribution in [2.75, 3.05) is 0 Å². The molecule has 1 aliphatic carbocycles. The molecule has 0 aromatic heterocycles. The van der Waals surface area contributed by atoms with Crippen molar-refractivity contribution in [3.05, 3.63) is 36.0 Å². The van der Waals surface area contributed by atoms with Gasteiger partial charge in [0, 0.05) is 12.5 Å². The summed E-state index contributed by atoms with van der Waals surface area (Å²) in [6, 6.07) is 0. The second-order valence-corrected chi connectivity index (χ2v) is 2.38. The van der Waals surface area contributed by atoms with Crippen LogP contribution in [0.2, 0.25) is 0 Å². The number of hydrogen-bond donors (Lipinski definition) is 1. The van der Waals surface area contributed by atoms with E-state index < -0.39 is 5.97 Å². The topological polar surface area (TPSA) is 54.4 Å². The Morgan fingerprint density at radius 3 is 2.75 bits per heavy atom. The maximum Gasteiger partial charge on any atom is 0.328 e. The van der Waals surface area contributed by atoms with Gasteiger partial charge in [-0.2, -0.15) is 0 Å². The fourth-order valence-electron chi connectivity index (χ4n) is 0.835. The Morgan fingerprint density at radius 1 is 1.50 bits per heavy atom. The van der Waals surface area contributed by atoms with Crippen LogP contribution in [0.4, 0.5) is 0 Å². The Kier molecular flexibility index (Phi) is 2.58. The van der Waals surface area contributed by atoms with E-state index in [1.54, 1.807) is 12.2 Å². The van der Waals surface area contributed by atoms with Crippen LogP contribution in [0.5, 0.6) is 0 Å². The lowest BCUT2D eigenvalue weighted by atomic mass is 10.1. The summed E-state index contributed by atoms with van der Waals surface area (Å²) in [6.07, 6.45) is 7.61. The highest BCUT2D eigenvalue weighted by Crippen LogP contribution is 2.07. The predicted octanol–water partition coefficient (Wildman–Crippen LogP) is 1.08. The molecule has 1 rings (SSSR count). The van der Waals surface area contributed by atoms with Gasteiger partial charge in [-0.15, -0.1) is 0 Å². The summed E-state index contributed by atoms with van der Waals surface area (Å²) in [4.78, 5) is 20.8. The summed E-state index contributed by atoms with van der Waals surface area (Å²) in [5.74, 6) is -0.941. The average molecular weight is 164 g/mol. The molecule has 0 heterocycles. The number of carboxylic acid groups (broad SMARTS) is 1. The van der Waals surface area contributed by atoms with Gasteiger partial charge in [-0.3, -0.25) is 4.79 Å². The normalized spacial score (nSPS) is 16.7. The first-order valence-electron chi connectivity index (χ1n) is 3.50. The lowest BCUT2D eigenvalue weighted by Gasteiger charge is -1.98. The zero-order valence-electron chi connectivity index (χ0n) is 6.36. The molecule has 0 aromatic rings. The van der Waals surface area contributed by atoms with Crippen LogP contribution in [-0.2, 0) is 9.59 Å². The zero-order chi connectivity index (χ0) is 8.97. The Bertz CT molecular complexity index is 295. The third kappa shape index (κ3) is 2.54. The van der Waals surface area contributed by atoms with Crippen molar-refractivity contribution in [1.82, 2.24) is 0 Å². The number of rotatable bonds is 2. The largest absolute Gasteiger partial charge is 0.478 e. The van der Waals surface area contributed by atoms with Crippen molar-refractivity contribution in [3.8, 4) is 0 Å². The first kappa shape index (κ1) is 8.46. The highest BCUT2D eigenvalue weighted by molar-refractivity contribution is 5.93. The molecule has 0 spiro atoms. The summed E-state index contributed by atoms with van der Waals surface area (Å²) in [7, 11) is 0. The van der Waals surface area contributed by atoms with Crippen LogP contribution < -0.4 is 0 Å². The Labute approximate surface area is 69.7 Å². The molecule has 0 saturated heterocycles. The van der Waals surface area contributed by atoms with E-state index in [2.05, 4.69) is 0 Å². The van der Waals surface area contributed by atoms with Crippen LogP contribution in [0.1, 0.15) is 6.42 Å². The molecule has 3 heteroatoms. The molecule has 1 aliphatic rings. The number of carbonyl (C=O) groups excluding carboxylic acids is 1. The number of hydrogen-bond acceptors (Lipinski definition) is 2. The summed E-state index contributed by atoms with van der Waals surface area (Å²) >= 11 is 0. The maximum atomic E-state index is 10.7. The van der Waals surface area contributed by atoms with Crippen LogP contribution in [-0.4, -0.2) is 16.9 Å². The quantitative estimate of drug-likeness (QED) is 0.621. The van der Waals surface area contributed by atoms with Gasteiger partial charge in [-0.1, -0.05) is 12.2 Å². The lowest BCUT2D eigenvalue weighted by molar-refractivity contribution is -0.131. The minimum absolute atomic E-state index is 0.0440. The van der Waals surface area contributed by atoms with Gasteiger partial charge in [-0.05, 0) is 17.7 Å². The molecule has 12 heavy (non-hydrogen) atoms. The molecule has 0 fully saturated rings. The third-order valence-corrected chi connectivity index (χ3v) is 1.42. The van der Waals surface area contributed by atoms with Crippen molar-refractivity contribution in [1.29, 1.82) is 0 Å². The van der Waals surface area contributed by atoms with Crippen LogP contribution in [0.15, 0.2) is 36.0 Å². The summed E-state index contributed by atoms with van der Waals surface area (Å²) in [5.41, 5.74) is 0.761. The second-order valence-electron chi connectivity index (χ2n) is 2.38.